The number of benzene rings is 1. The van der Waals surface area contributed by atoms with Gasteiger partial charge < -0.3 is 26.4 Å². The average molecular weight is 315 g/mol. The van der Waals surface area contributed by atoms with Crippen molar-refractivity contribution in [2.45, 2.75) is 25.4 Å². The molecule has 0 aliphatic carbocycles. The molecule has 2 unspecified atom stereocenters. The first-order valence-corrected chi connectivity index (χ1v) is 6.32. The number of hydrogen-bond acceptors (Lipinski definition) is 6. The van der Waals surface area contributed by atoms with Crippen LogP contribution in [0.1, 0.15) is 17.5 Å². The molecule has 1 rings (SSSR count). The maximum atomic E-state index is 13.7. The highest BCUT2D eigenvalue weighted by molar-refractivity contribution is 5.76. The van der Waals surface area contributed by atoms with E-state index in [1.165, 1.54) is 12.1 Å². The molecule has 0 aliphatic rings. The first kappa shape index (κ1) is 18.0. The molecule has 0 fully saturated rings. The van der Waals surface area contributed by atoms with Crippen molar-refractivity contribution in [3.05, 3.63) is 40.4 Å². The third kappa shape index (κ3) is 5.37. The second-order valence-corrected chi connectivity index (χ2v) is 4.86. The van der Waals surface area contributed by atoms with E-state index in [4.69, 9.17) is 21.2 Å². The van der Waals surface area contributed by atoms with E-state index in [1.807, 2.05) is 0 Å². The van der Waals surface area contributed by atoms with E-state index in [1.54, 1.807) is 0 Å². The lowest BCUT2D eigenvalue weighted by molar-refractivity contribution is -0.143. The quantitative estimate of drug-likeness (QED) is 0.509. The Morgan fingerprint density at radius 3 is 2.41 bits per heavy atom. The maximum absolute atomic E-state index is 13.7. The van der Waals surface area contributed by atoms with Crippen molar-refractivity contribution in [3.8, 4) is 0 Å². The molecular weight excluding hydrogens is 299 g/mol. The van der Waals surface area contributed by atoms with Gasteiger partial charge in [-0.05, 0) is 24.5 Å². The van der Waals surface area contributed by atoms with Gasteiger partial charge >= 0.3 is 11.9 Å². The lowest BCUT2D eigenvalue weighted by Crippen LogP contribution is -2.35. The summed E-state index contributed by atoms with van der Waals surface area (Å²) < 4.78 is 13.7. The van der Waals surface area contributed by atoms with Crippen LogP contribution < -0.4 is 5.73 Å². The highest BCUT2D eigenvalue weighted by atomic mass is 19.1. The standard InChI is InChI=1S/C13H16FN2O6/c14-10-4-7(1-2-8(10)6-16(21)22)3-9(12(17)18)5-11(15)13(19)20/h1-2,4,9,11,21H,3,5-6,15H2,(H,17,18)(H,19,20)/q-1. The number of hydrogen-bond donors (Lipinski definition) is 4. The first-order valence-electron chi connectivity index (χ1n) is 6.32. The fraction of sp³-hybridized carbons (Fsp3) is 0.385. The molecule has 1 aromatic carbocycles. The number of aliphatic carboxylic acids is 2. The van der Waals surface area contributed by atoms with E-state index >= 15 is 0 Å². The third-order valence-corrected chi connectivity index (χ3v) is 3.11. The van der Waals surface area contributed by atoms with Crippen molar-refractivity contribution < 1.29 is 29.4 Å². The minimum Gasteiger partial charge on any atom is -0.762 e. The van der Waals surface area contributed by atoms with Crippen molar-refractivity contribution in [1.29, 1.82) is 0 Å². The van der Waals surface area contributed by atoms with Gasteiger partial charge in [0.15, 0.2) is 0 Å². The zero-order valence-electron chi connectivity index (χ0n) is 11.5. The molecule has 0 bridgehead atoms. The number of rotatable bonds is 8. The van der Waals surface area contributed by atoms with Crippen LogP contribution in [-0.4, -0.2) is 38.6 Å². The number of nitrogens with two attached hydrogens (primary N) is 1. The summed E-state index contributed by atoms with van der Waals surface area (Å²) in [6.07, 6.45) is -0.396. The summed E-state index contributed by atoms with van der Waals surface area (Å²) in [6.45, 7) is -0.557. The highest BCUT2D eigenvalue weighted by Gasteiger charge is 2.25. The monoisotopic (exact) mass is 315 g/mol. The van der Waals surface area contributed by atoms with E-state index in [-0.39, 0.29) is 18.4 Å². The Labute approximate surface area is 125 Å². The van der Waals surface area contributed by atoms with Gasteiger partial charge in [0.2, 0.25) is 0 Å². The zero-order valence-corrected chi connectivity index (χ0v) is 11.5. The molecule has 8 nitrogen and oxygen atoms in total. The number of carboxylic acids is 2. The van der Waals surface area contributed by atoms with Crippen molar-refractivity contribution in [3.63, 3.8) is 0 Å². The van der Waals surface area contributed by atoms with E-state index in [9.17, 15) is 19.2 Å². The molecule has 1 aromatic rings. The number of nitrogens with zero attached hydrogens (tertiary/aromatic N) is 1. The Morgan fingerprint density at radius 2 is 1.95 bits per heavy atom. The predicted octanol–water partition coefficient (Wildman–Crippen LogP) is 0.560. The van der Waals surface area contributed by atoms with Gasteiger partial charge in [-0.15, -0.1) is 0 Å². The molecule has 122 valence electrons. The Kier molecular flexibility index (Phi) is 6.38. The molecule has 22 heavy (non-hydrogen) atoms. The fourth-order valence-electron chi connectivity index (χ4n) is 1.96. The summed E-state index contributed by atoms with van der Waals surface area (Å²) in [4.78, 5) is 21.8. The van der Waals surface area contributed by atoms with Crippen LogP contribution in [0.15, 0.2) is 18.2 Å². The summed E-state index contributed by atoms with van der Waals surface area (Å²) in [5.41, 5.74) is 5.59. The van der Waals surface area contributed by atoms with Crippen LogP contribution in [0.4, 0.5) is 4.39 Å². The minimum atomic E-state index is -1.33. The Morgan fingerprint density at radius 1 is 1.32 bits per heavy atom. The van der Waals surface area contributed by atoms with Gasteiger partial charge in [-0.2, -0.15) is 0 Å². The van der Waals surface area contributed by atoms with Gasteiger partial charge in [-0.3, -0.25) is 14.8 Å². The summed E-state index contributed by atoms with van der Waals surface area (Å²) >= 11 is 0. The van der Waals surface area contributed by atoms with Crippen molar-refractivity contribution in [2.24, 2.45) is 11.7 Å². The normalized spacial score (nSPS) is 13.9. The average Bonchev–Trinajstić information content (AvgIpc) is 2.40. The minimum absolute atomic E-state index is 0.0460. The maximum Gasteiger partial charge on any atom is 0.320 e. The van der Waals surface area contributed by atoms with Gasteiger partial charge in [-0.25, -0.2) is 4.39 Å². The number of carbonyl (C=O) groups is 2. The highest BCUT2D eigenvalue weighted by Crippen LogP contribution is 2.18. The van der Waals surface area contributed by atoms with Crippen molar-refractivity contribution >= 4 is 11.9 Å². The molecule has 0 aromatic heterocycles. The molecule has 0 saturated carbocycles. The summed E-state index contributed by atoms with van der Waals surface area (Å²) in [7, 11) is 0. The molecule has 0 spiro atoms. The van der Waals surface area contributed by atoms with Crippen LogP contribution >= 0.6 is 0 Å². The van der Waals surface area contributed by atoms with Crippen LogP contribution in [-0.2, 0) is 22.6 Å². The molecule has 0 aliphatic heterocycles. The van der Waals surface area contributed by atoms with Crippen LogP contribution in [0, 0.1) is 16.9 Å². The zero-order chi connectivity index (χ0) is 16.9. The van der Waals surface area contributed by atoms with E-state index in [0.717, 1.165) is 6.07 Å². The molecule has 9 heteroatoms. The van der Waals surface area contributed by atoms with Crippen LogP contribution in [0.5, 0.6) is 0 Å². The van der Waals surface area contributed by atoms with Crippen molar-refractivity contribution in [2.75, 3.05) is 0 Å². The topological polar surface area (TPSA) is 147 Å². The Bertz CT molecular complexity index is 551. The molecular formula is C13H16FN2O6-. The summed E-state index contributed by atoms with van der Waals surface area (Å²) in [6, 6.07) is 2.38. The van der Waals surface area contributed by atoms with Gasteiger partial charge in [-0.1, -0.05) is 12.1 Å². The third-order valence-electron chi connectivity index (χ3n) is 3.11. The van der Waals surface area contributed by atoms with Gasteiger partial charge in [0.25, 0.3) is 0 Å². The van der Waals surface area contributed by atoms with E-state index in [0.29, 0.717) is 5.56 Å². The second kappa shape index (κ2) is 7.80. The fourth-order valence-corrected chi connectivity index (χ4v) is 1.96. The van der Waals surface area contributed by atoms with Gasteiger partial charge in [0.1, 0.15) is 11.9 Å². The molecule has 0 radical (unpaired) electrons. The molecule has 5 N–H and O–H groups in total. The lowest BCUT2D eigenvalue weighted by Gasteiger charge is -2.20. The largest absolute Gasteiger partial charge is 0.762 e. The lowest BCUT2D eigenvalue weighted by atomic mass is 9.92. The van der Waals surface area contributed by atoms with Crippen molar-refractivity contribution in [1.82, 2.24) is 5.23 Å². The Balaban J connectivity index is 2.84. The number of halogens is 1. The van der Waals surface area contributed by atoms with Crippen LogP contribution in [0.25, 0.3) is 0 Å². The van der Waals surface area contributed by atoms with E-state index in [2.05, 4.69) is 0 Å². The van der Waals surface area contributed by atoms with E-state index < -0.39 is 41.5 Å². The number of hydroxylamine groups is 2. The number of carboxylic acid groups (broad SMARTS) is 2. The predicted molar refractivity (Wildman–Crippen MR) is 72.2 cm³/mol. The van der Waals surface area contributed by atoms with Crippen LogP contribution in [0.2, 0.25) is 0 Å². The second-order valence-electron chi connectivity index (χ2n) is 4.86. The molecule has 2 atom stereocenters. The van der Waals surface area contributed by atoms with Crippen LogP contribution in [0.3, 0.4) is 0 Å². The van der Waals surface area contributed by atoms with Gasteiger partial charge in [0, 0.05) is 12.1 Å². The summed E-state index contributed by atoms with van der Waals surface area (Å²) in [5.74, 6) is -4.39. The first-order chi connectivity index (χ1) is 10.2. The Hall–Kier alpha value is -2.07. The SMILES string of the molecule is NC(CC(Cc1ccc(CN([O-])O)c(F)c1)C(=O)O)C(=O)O. The summed E-state index contributed by atoms with van der Waals surface area (Å²) in [5, 5.41) is 36.4. The van der Waals surface area contributed by atoms with Gasteiger partial charge in [0.05, 0.1) is 5.92 Å². The smallest absolute Gasteiger partial charge is 0.320 e. The molecule has 0 amide bonds. The molecule has 0 heterocycles. The molecule has 0 saturated heterocycles.